The van der Waals surface area contributed by atoms with Crippen molar-refractivity contribution in [2.24, 2.45) is 0 Å². The molecule has 2 aromatic carbocycles. The number of fused-ring (bicyclic) bond motifs is 1. The maximum atomic E-state index is 13.3. The Kier molecular flexibility index (Phi) is 6.16. The molecular weight excluding hydrogens is 446 g/mol. The van der Waals surface area contributed by atoms with Crippen LogP contribution in [0.15, 0.2) is 48.8 Å². The van der Waals surface area contributed by atoms with Crippen molar-refractivity contribution in [2.75, 3.05) is 13.1 Å². The van der Waals surface area contributed by atoms with Gasteiger partial charge in [0.15, 0.2) is 5.82 Å². The van der Waals surface area contributed by atoms with Crippen LogP contribution in [0.1, 0.15) is 53.2 Å². The fourth-order valence-electron chi connectivity index (χ4n) is 5.14. The van der Waals surface area contributed by atoms with E-state index in [1.165, 1.54) is 11.1 Å². The van der Waals surface area contributed by atoms with Crippen LogP contribution in [0.2, 0.25) is 5.02 Å². The van der Waals surface area contributed by atoms with Crippen molar-refractivity contribution < 1.29 is 4.79 Å². The molecule has 6 nitrogen and oxygen atoms in total. The fourth-order valence-corrected chi connectivity index (χ4v) is 5.41. The quantitative estimate of drug-likeness (QED) is 0.569. The number of nitrogens with one attached hydrogen (secondary N) is 1. The first kappa shape index (κ1) is 22.6. The summed E-state index contributed by atoms with van der Waals surface area (Å²) in [5, 5.41) is 8.59. The van der Waals surface area contributed by atoms with Crippen LogP contribution in [0.4, 0.5) is 0 Å². The number of halogens is 1. The van der Waals surface area contributed by atoms with Gasteiger partial charge in [0, 0.05) is 30.7 Å². The van der Waals surface area contributed by atoms with E-state index in [4.69, 9.17) is 11.6 Å². The summed E-state index contributed by atoms with van der Waals surface area (Å²) < 4.78 is 1.96. The molecule has 2 aliphatic heterocycles. The molecule has 174 valence electrons. The second-order valence-corrected chi connectivity index (χ2v) is 9.73. The predicted molar refractivity (Wildman–Crippen MR) is 133 cm³/mol. The zero-order valence-electron chi connectivity index (χ0n) is 19.1. The van der Waals surface area contributed by atoms with Crippen molar-refractivity contribution in [3.05, 3.63) is 70.5 Å². The van der Waals surface area contributed by atoms with Crippen LogP contribution in [0.5, 0.6) is 0 Å². The number of likely N-dealkylation sites (tertiary alicyclic amines) is 1. The molecule has 3 aromatic rings. The van der Waals surface area contributed by atoms with E-state index < -0.39 is 0 Å². The molecule has 1 N–H and O–H groups in total. The Morgan fingerprint density at radius 3 is 2.53 bits per heavy atom. The van der Waals surface area contributed by atoms with Crippen LogP contribution >= 0.6 is 11.6 Å². The summed E-state index contributed by atoms with van der Waals surface area (Å²) in [6.45, 7) is 2.38. The molecule has 1 spiro atoms. The molecule has 7 heteroatoms. The number of carbonyl (C=O) groups is 1. The molecule has 0 bridgehead atoms. The van der Waals surface area contributed by atoms with E-state index in [9.17, 15) is 4.79 Å². The third-order valence-electron chi connectivity index (χ3n) is 7.23. The lowest BCUT2D eigenvalue weighted by atomic mass is 9.78. The van der Waals surface area contributed by atoms with Crippen molar-refractivity contribution in [1.82, 2.24) is 25.0 Å². The lowest BCUT2D eigenvalue weighted by Crippen LogP contribution is -2.57. The molecule has 2 fully saturated rings. The molecule has 1 saturated carbocycles. The topological polar surface area (TPSA) is 63.1 Å². The van der Waals surface area contributed by atoms with Gasteiger partial charge in [-0.1, -0.05) is 41.9 Å². The van der Waals surface area contributed by atoms with E-state index in [-0.39, 0.29) is 11.4 Å². The van der Waals surface area contributed by atoms with Gasteiger partial charge in [-0.3, -0.25) is 4.79 Å². The van der Waals surface area contributed by atoms with Gasteiger partial charge in [0.2, 0.25) is 0 Å². The van der Waals surface area contributed by atoms with Gasteiger partial charge in [0.25, 0.3) is 5.91 Å². The summed E-state index contributed by atoms with van der Waals surface area (Å²) in [6.07, 6.45) is 14.8. The Bertz CT molecular complexity index is 1220. The summed E-state index contributed by atoms with van der Waals surface area (Å²) in [5.41, 5.74) is 4.38. The zero-order chi connectivity index (χ0) is 23.7. The van der Waals surface area contributed by atoms with Crippen LogP contribution in [0.25, 0.3) is 11.4 Å². The average molecular weight is 474 g/mol. The molecule has 34 heavy (non-hydrogen) atoms. The van der Waals surface area contributed by atoms with Gasteiger partial charge in [0.1, 0.15) is 6.33 Å². The summed E-state index contributed by atoms with van der Waals surface area (Å²) in [5.74, 6) is 0.827. The highest BCUT2D eigenvalue weighted by atomic mass is 35.5. The standard InChI is InChI=1S/C25H26ClN5O.C2H2/c26-22-13-17(23-27-16-29-31(23)20-6-7-20)5-8-21(22)24(32)30-11-9-25(10-12-30)14-18-3-1-2-4-19(18)15-28-25;1-2/h1-5,8,13,16,20,28H,6-7,9-12,14-15H2;1-2H. The third kappa shape index (κ3) is 4.22. The van der Waals surface area contributed by atoms with E-state index in [0.29, 0.717) is 16.6 Å². The molecule has 0 unspecified atom stereocenters. The lowest BCUT2D eigenvalue weighted by molar-refractivity contribution is 0.0631. The van der Waals surface area contributed by atoms with E-state index in [2.05, 4.69) is 52.5 Å². The number of aromatic nitrogens is 3. The number of carbonyl (C=O) groups excluding carboxylic acids is 1. The predicted octanol–water partition coefficient (Wildman–Crippen LogP) is 4.50. The van der Waals surface area contributed by atoms with Gasteiger partial charge in [0.05, 0.1) is 16.6 Å². The molecule has 1 aliphatic carbocycles. The van der Waals surface area contributed by atoms with Gasteiger partial charge in [-0.05, 0) is 55.4 Å². The van der Waals surface area contributed by atoms with E-state index >= 15 is 0 Å². The first-order chi connectivity index (χ1) is 16.6. The minimum atomic E-state index is 0.0104. The highest BCUT2D eigenvalue weighted by Gasteiger charge is 2.38. The Hall–Kier alpha value is -3.14. The highest BCUT2D eigenvalue weighted by Crippen LogP contribution is 2.38. The number of terminal acetylenes is 1. The number of rotatable bonds is 3. The molecule has 0 atom stereocenters. The van der Waals surface area contributed by atoms with Gasteiger partial charge >= 0.3 is 0 Å². The monoisotopic (exact) mass is 473 g/mol. The number of piperidine rings is 1. The molecular formula is C27H28ClN5O. The average Bonchev–Trinajstić information content (AvgIpc) is 3.61. The number of amides is 1. The normalized spacial score (nSPS) is 18.6. The fraction of sp³-hybridized carbons (Fsp3) is 0.370. The SMILES string of the molecule is C#C.O=C(c1ccc(-c2ncnn2C2CC2)cc1Cl)N1CCC2(CC1)Cc1ccccc1CN2. The molecule has 6 rings (SSSR count). The molecule has 3 aliphatic rings. The summed E-state index contributed by atoms with van der Waals surface area (Å²) >= 11 is 6.59. The summed E-state index contributed by atoms with van der Waals surface area (Å²) in [4.78, 5) is 19.6. The number of hydrogen-bond donors (Lipinski definition) is 1. The van der Waals surface area contributed by atoms with Crippen LogP contribution in [0.3, 0.4) is 0 Å². The smallest absolute Gasteiger partial charge is 0.255 e. The molecule has 1 amide bonds. The third-order valence-corrected chi connectivity index (χ3v) is 7.55. The summed E-state index contributed by atoms with van der Waals surface area (Å²) in [6, 6.07) is 14.7. The van der Waals surface area contributed by atoms with Crippen molar-refractivity contribution in [2.45, 2.75) is 50.2 Å². The molecule has 0 radical (unpaired) electrons. The highest BCUT2D eigenvalue weighted by molar-refractivity contribution is 6.34. The Labute approximate surface area is 205 Å². The minimum Gasteiger partial charge on any atom is -0.338 e. The number of hydrogen-bond acceptors (Lipinski definition) is 4. The van der Waals surface area contributed by atoms with Gasteiger partial charge in [-0.2, -0.15) is 5.10 Å². The van der Waals surface area contributed by atoms with Crippen molar-refractivity contribution in [3.8, 4) is 24.2 Å². The van der Waals surface area contributed by atoms with Crippen LogP contribution in [0, 0.1) is 12.8 Å². The molecule has 1 aromatic heterocycles. The summed E-state index contributed by atoms with van der Waals surface area (Å²) in [7, 11) is 0. The van der Waals surface area contributed by atoms with Gasteiger partial charge < -0.3 is 10.2 Å². The first-order valence-corrected chi connectivity index (χ1v) is 12.1. The molecule has 1 saturated heterocycles. The van der Waals surface area contributed by atoms with Crippen molar-refractivity contribution >= 4 is 17.5 Å². The Balaban J connectivity index is 0.00000117. The van der Waals surface area contributed by atoms with Crippen LogP contribution in [-0.2, 0) is 13.0 Å². The van der Waals surface area contributed by atoms with E-state index in [0.717, 1.165) is 63.1 Å². The first-order valence-electron chi connectivity index (χ1n) is 11.8. The Morgan fingerprint density at radius 1 is 1.09 bits per heavy atom. The second kappa shape index (κ2) is 9.25. The maximum Gasteiger partial charge on any atom is 0.255 e. The minimum absolute atomic E-state index is 0.0104. The zero-order valence-corrected chi connectivity index (χ0v) is 19.8. The van der Waals surface area contributed by atoms with Crippen LogP contribution < -0.4 is 5.32 Å². The maximum absolute atomic E-state index is 13.3. The largest absolute Gasteiger partial charge is 0.338 e. The van der Waals surface area contributed by atoms with E-state index in [1.807, 2.05) is 27.8 Å². The molecule has 3 heterocycles. The van der Waals surface area contributed by atoms with Crippen molar-refractivity contribution in [3.63, 3.8) is 0 Å². The van der Waals surface area contributed by atoms with Crippen LogP contribution in [-0.4, -0.2) is 44.2 Å². The Morgan fingerprint density at radius 2 is 1.82 bits per heavy atom. The van der Waals surface area contributed by atoms with E-state index in [1.54, 1.807) is 6.33 Å². The van der Waals surface area contributed by atoms with Gasteiger partial charge in [-0.15, -0.1) is 12.8 Å². The second-order valence-electron chi connectivity index (χ2n) is 9.33. The number of nitrogens with zero attached hydrogens (tertiary/aromatic N) is 4. The number of benzene rings is 2. The van der Waals surface area contributed by atoms with Crippen molar-refractivity contribution in [1.29, 1.82) is 0 Å². The lowest BCUT2D eigenvalue weighted by Gasteiger charge is -2.45. The van der Waals surface area contributed by atoms with Gasteiger partial charge in [-0.25, -0.2) is 9.67 Å².